The molecule has 5 rings (SSSR count). The van der Waals surface area contributed by atoms with Gasteiger partial charge < -0.3 is 71.6 Å². The number of aliphatic hydroxyl groups is 7. The molecule has 3 saturated heterocycles. The van der Waals surface area contributed by atoms with Crippen LogP contribution in [0, 0.1) is 5.92 Å². The zero-order valence-electron chi connectivity index (χ0n) is 17.6. The maximum atomic E-state index is 10.6. The standard InChI is InChI=1S/C11H17N3O8.C6H8O7/c12-8-13-6(17)2-4-9(19,1-15)5-3(16)10(2,14-8)7(18)11(20,21-4)22-5;7-3(8)1-6(13,5(11)12)2-4(9)10/h2-7,15-20H,1H2,(H3,12,13,14);13H,1-2H2,(H,7,8)(H,9,10)(H,11,12). The van der Waals surface area contributed by atoms with Crippen molar-refractivity contribution in [2.24, 2.45) is 16.6 Å². The van der Waals surface area contributed by atoms with E-state index < -0.39 is 96.6 Å². The summed E-state index contributed by atoms with van der Waals surface area (Å²) >= 11 is 0. The number of aliphatic carboxylic acids is 3. The molecule has 13 N–H and O–H groups in total. The van der Waals surface area contributed by atoms with Gasteiger partial charge in [0.2, 0.25) is 0 Å². The Labute approximate surface area is 194 Å². The van der Waals surface area contributed by atoms with Gasteiger partial charge in [0.15, 0.2) is 23.9 Å². The molecule has 1 spiro atoms. The van der Waals surface area contributed by atoms with Gasteiger partial charge in [-0.05, 0) is 0 Å². The number of guanidine groups is 1. The Balaban J connectivity index is 0.000000228. The Hall–Kier alpha value is -2.68. The lowest BCUT2D eigenvalue weighted by molar-refractivity contribution is -0.548. The van der Waals surface area contributed by atoms with Crippen molar-refractivity contribution in [3.63, 3.8) is 0 Å². The Bertz CT molecular complexity index is 930. The molecule has 35 heavy (non-hydrogen) atoms. The first-order chi connectivity index (χ1) is 16.0. The minimum absolute atomic E-state index is 0.250. The van der Waals surface area contributed by atoms with Gasteiger partial charge in [0.25, 0.3) is 0 Å². The molecule has 0 amide bonds. The van der Waals surface area contributed by atoms with Crippen LogP contribution in [-0.4, -0.2) is 135 Å². The van der Waals surface area contributed by atoms with E-state index in [4.69, 9.17) is 35.6 Å². The molecule has 1 aliphatic carbocycles. The number of nitrogens with one attached hydrogen (secondary N) is 1. The zero-order valence-corrected chi connectivity index (χ0v) is 17.6. The quantitative estimate of drug-likeness (QED) is 0.157. The van der Waals surface area contributed by atoms with Gasteiger partial charge >= 0.3 is 23.9 Å². The van der Waals surface area contributed by atoms with Gasteiger partial charge in [0.1, 0.15) is 29.5 Å². The van der Waals surface area contributed by atoms with Gasteiger partial charge in [-0.3, -0.25) is 9.59 Å². The Morgan fingerprint density at radius 1 is 1.03 bits per heavy atom. The van der Waals surface area contributed by atoms with Gasteiger partial charge in [-0.1, -0.05) is 0 Å². The molecule has 198 valence electrons. The molecule has 5 aliphatic rings. The van der Waals surface area contributed by atoms with E-state index >= 15 is 0 Å². The summed E-state index contributed by atoms with van der Waals surface area (Å²) in [6.45, 7) is -0.857. The number of hydrogen-bond acceptors (Lipinski definition) is 15. The maximum absolute atomic E-state index is 10.6. The summed E-state index contributed by atoms with van der Waals surface area (Å²) in [6.07, 6.45) is -10.1. The highest BCUT2D eigenvalue weighted by Gasteiger charge is 2.83. The first-order valence-corrected chi connectivity index (χ1v) is 9.94. The van der Waals surface area contributed by atoms with Crippen LogP contribution in [-0.2, 0) is 23.9 Å². The van der Waals surface area contributed by atoms with Crippen molar-refractivity contribution in [2.75, 3.05) is 6.61 Å². The molecule has 0 radical (unpaired) electrons. The summed E-state index contributed by atoms with van der Waals surface area (Å²) in [4.78, 5) is 34.2. The number of aliphatic imine (C=N–C) groups is 1. The topological polar surface area (TPSA) is 322 Å². The first-order valence-electron chi connectivity index (χ1n) is 9.94. The summed E-state index contributed by atoms with van der Waals surface area (Å²) in [5, 5.41) is 98.1. The van der Waals surface area contributed by atoms with Crippen LogP contribution in [0.2, 0.25) is 0 Å². The van der Waals surface area contributed by atoms with E-state index in [1.165, 1.54) is 0 Å². The Morgan fingerprint density at radius 3 is 2.00 bits per heavy atom. The van der Waals surface area contributed by atoms with Crippen molar-refractivity contribution in [2.45, 2.75) is 66.2 Å². The third-order valence-electron chi connectivity index (χ3n) is 6.50. The van der Waals surface area contributed by atoms with E-state index in [1.807, 2.05) is 0 Å². The van der Waals surface area contributed by atoms with Crippen molar-refractivity contribution in [3.8, 4) is 0 Å². The summed E-state index contributed by atoms with van der Waals surface area (Å²) in [5.74, 6) is -8.96. The normalized spacial score (nSPS) is 43.2. The second kappa shape index (κ2) is 8.47. The van der Waals surface area contributed by atoms with E-state index in [0.717, 1.165) is 0 Å². The average Bonchev–Trinajstić information content (AvgIpc) is 2.71. The van der Waals surface area contributed by atoms with Crippen LogP contribution in [0.5, 0.6) is 0 Å². The van der Waals surface area contributed by atoms with E-state index in [1.54, 1.807) is 0 Å². The van der Waals surface area contributed by atoms with Crippen LogP contribution < -0.4 is 11.1 Å². The molecule has 4 fully saturated rings. The molecule has 18 nitrogen and oxygen atoms in total. The predicted octanol–water partition coefficient (Wildman–Crippen LogP) is -6.77. The Morgan fingerprint density at radius 2 is 1.54 bits per heavy atom. The van der Waals surface area contributed by atoms with Crippen molar-refractivity contribution in [1.82, 2.24) is 5.32 Å². The fourth-order valence-electron chi connectivity index (χ4n) is 4.95. The van der Waals surface area contributed by atoms with E-state index in [0.29, 0.717) is 0 Å². The predicted molar refractivity (Wildman–Crippen MR) is 103 cm³/mol. The SMILES string of the molecule is NC1=NC(O)C2C3OC4(O)OC(C(O)C2(N1)C4O)C3(O)CO.O=C(O)CC(O)(CC(=O)O)C(=O)O. The number of carbonyl (C=O) groups is 3. The minimum Gasteiger partial charge on any atom is -0.481 e. The summed E-state index contributed by atoms with van der Waals surface area (Å²) in [5.41, 5.74) is -1.00. The molecule has 0 aromatic rings. The van der Waals surface area contributed by atoms with Crippen molar-refractivity contribution in [1.29, 1.82) is 0 Å². The molecule has 18 heteroatoms. The van der Waals surface area contributed by atoms with E-state index in [9.17, 15) is 45.0 Å². The van der Waals surface area contributed by atoms with Gasteiger partial charge in [-0.15, -0.1) is 0 Å². The van der Waals surface area contributed by atoms with Gasteiger partial charge in [-0.2, -0.15) is 0 Å². The number of nitrogens with zero attached hydrogens (tertiary/aromatic N) is 1. The molecular weight excluding hydrogens is 486 g/mol. The first kappa shape index (κ1) is 26.9. The molecule has 4 aliphatic heterocycles. The number of carboxylic acids is 3. The van der Waals surface area contributed by atoms with Gasteiger partial charge in [0, 0.05) is 0 Å². The van der Waals surface area contributed by atoms with Crippen LogP contribution >= 0.6 is 0 Å². The summed E-state index contributed by atoms with van der Waals surface area (Å²) in [7, 11) is 0. The van der Waals surface area contributed by atoms with Crippen LogP contribution in [0.4, 0.5) is 0 Å². The lowest BCUT2D eigenvalue weighted by Crippen LogP contribution is -2.95. The summed E-state index contributed by atoms with van der Waals surface area (Å²) < 4.78 is 10.3. The molecule has 9 unspecified atom stereocenters. The lowest BCUT2D eigenvalue weighted by Gasteiger charge is -2.71. The Kier molecular flexibility index (Phi) is 6.51. The number of nitrogens with two attached hydrogens (primary N) is 1. The van der Waals surface area contributed by atoms with Gasteiger partial charge in [-0.25, -0.2) is 9.79 Å². The third-order valence-corrected chi connectivity index (χ3v) is 6.50. The fourth-order valence-corrected chi connectivity index (χ4v) is 4.95. The maximum Gasteiger partial charge on any atom is 0.336 e. The molecule has 4 bridgehead atoms. The van der Waals surface area contributed by atoms with Crippen LogP contribution in [0.15, 0.2) is 4.99 Å². The number of carboxylic acid groups (broad SMARTS) is 3. The number of rotatable bonds is 6. The molecule has 0 aromatic heterocycles. The molecule has 0 aromatic carbocycles. The number of aliphatic hydroxyl groups excluding tert-OH is 4. The number of hydrogen-bond donors (Lipinski definition) is 12. The monoisotopic (exact) mass is 511 g/mol. The van der Waals surface area contributed by atoms with Gasteiger partial charge in [0.05, 0.1) is 25.4 Å². The molecule has 1 saturated carbocycles. The van der Waals surface area contributed by atoms with Crippen molar-refractivity contribution < 1.29 is 74.9 Å². The second-order valence-corrected chi connectivity index (χ2v) is 8.69. The largest absolute Gasteiger partial charge is 0.481 e. The molecule has 4 heterocycles. The average molecular weight is 511 g/mol. The second-order valence-electron chi connectivity index (χ2n) is 8.69. The van der Waals surface area contributed by atoms with E-state index in [2.05, 4.69) is 10.3 Å². The minimum atomic E-state index is -2.74. The highest BCUT2D eigenvalue weighted by molar-refractivity contribution is 5.88. The molecular formula is C17H25N3O15. The van der Waals surface area contributed by atoms with Crippen LogP contribution in [0.1, 0.15) is 12.8 Å². The highest BCUT2D eigenvalue weighted by atomic mass is 16.9. The smallest absolute Gasteiger partial charge is 0.336 e. The zero-order chi connectivity index (χ0) is 26.7. The van der Waals surface area contributed by atoms with E-state index in [-0.39, 0.29) is 5.96 Å². The number of ether oxygens (including phenoxy) is 2. The van der Waals surface area contributed by atoms with Crippen LogP contribution in [0.25, 0.3) is 0 Å². The van der Waals surface area contributed by atoms with Crippen LogP contribution in [0.3, 0.4) is 0 Å². The highest BCUT2D eigenvalue weighted by Crippen LogP contribution is 2.58. The lowest BCUT2D eigenvalue weighted by atomic mass is 9.55. The summed E-state index contributed by atoms with van der Waals surface area (Å²) in [6, 6.07) is 0. The van der Waals surface area contributed by atoms with Crippen molar-refractivity contribution in [3.05, 3.63) is 0 Å². The van der Waals surface area contributed by atoms with Crippen molar-refractivity contribution >= 4 is 23.9 Å². The third kappa shape index (κ3) is 3.88. The fraction of sp³-hybridized carbons (Fsp3) is 0.765. The molecule has 9 atom stereocenters.